The number of hydrogen-bond donors (Lipinski definition) is 2. The molecule has 1 heterocycles. The molecule has 2 atom stereocenters. The highest BCUT2D eigenvalue weighted by molar-refractivity contribution is 5.94. The van der Waals surface area contributed by atoms with E-state index in [2.05, 4.69) is 24.5 Å². The van der Waals surface area contributed by atoms with Gasteiger partial charge in [-0.25, -0.2) is 0 Å². The van der Waals surface area contributed by atoms with E-state index in [-0.39, 0.29) is 11.9 Å². The van der Waals surface area contributed by atoms with E-state index in [4.69, 9.17) is 4.74 Å². The van der Waals surface area contributed by atoms with Gasteiger partial charge in [0.25, 0.3) is 0 Å². The summed E-state index contributed by atoms with van der Waals surface area (Å²) in [6.07, 6.45) is 3.04. The number of piperidine rings is 1. The van der Waals surface area contributed by atoms with Crippen molar-refractivity contribution in [3.8, 4) is 5.75 Å². The fraction of sp³-hybridized carbons (Fsp3) is 0.562. The Labute approximate surface area is 120 Å². The maximum absolute atomic E-state index is 12.2. The van der Waals surface area contributed by atoms with Crippen LogP contribution in [0.3, 0.4) is 0 Å². The lowest BCUT2D eigenvalue weighted by Gasteiger charge is -2.27. The Morgan fingerprint density at radius 3 is 2.80 bits per heavy atom. The first-order chi connectivity index (χ1) is 9.69. The van der Waals surface area contributed by atoms with Crippen molar-refractivity contribution >= 4 is 11.6 Å². The Hall–Kier alpha value is -1.55. The number of carbonyl (C=O) groups is 1. The van der Waals surface area contributed by atoms with E-state index in [1.807, 2.05) is 24.3 Å². The van der Waals surface area contributed by atoms with E-state index in [9.17, 15) is 4.79 Å². The molecule has 0 bridgehead atoms. The Morgan fingerprint density at radius 1 is 1.40 bits per heavy atom. The number of nitrogens with one attached hydrogen (secondary N) is 2. The average Bonchev–Trinajstić information content (AvgIpc) is 2.46. The summed E-state index contributed by atoms with van der Waals surface area (Å²) >= 11 is 0. The molecule has 1 aromatic carbocycles. The van der Waals surface area contributed by atoms with E-state index < -0.39 is 0 Å². The van der Waals surface area contributed by atoms with Crippen LogP contribution in [-0.4, -0.2) is 25.1 Å². The van der Waals surface area contributed by atoms with Crippen LogP contribution in [0.4, 0.5) is 5.69 Å². The molecule has 2 unspecified atom stereocenters. The summed E-state index contributed by atoms with van der Waals surface area (Å²) < 4.78 is 5.52. The maximum atomic E-state index is 12.2. The molecule has 2 N–H and O–H groups in total. The number of benzene rings is 1. The minimum atomic E-state index is -0.0743. The molecular formula is C16H24N2O2. The fourth-order valence-corrected chi connectivity index (χ4v) is 2.39. The summed E-state index contributed by atoms with van der Waals surface area (Å²) in [5, 5.41) is 6.23. The van der Waals surface area contributed by atoms with E-state index >= 15 is 0 Å². The van der Waals surface area contributed by atoms with Gasteiger partial charge in [0.05, 0.1) is 12.6 Å². The van der Waals surface area contributed by atoms with Crippen molar-refractivity contribution in [1.29, 1.82) is 0 Å². The zero-order valence-electron chi connectivity index (χ0n) is 12.3. The molecule has 0 aliphatic carbocycles. The van der Waals surface area contributed by atoms with Crippen molar-refractivity contribution in [2.45, 2.75) is 39.2 Å². The molecule has 0 radical (unpaired) electrons. The molecule has 2 rings (SSSR count). The minimum Gasteiger partial charge on any atom is -0.494 e. The Balaban J connectivity index is 1.87. The predicted molar refractivity (Wildman–Crippen MR) is 81.0 cm³/mol. The zero-order valence-corrected chi connectivity index (χ0v) is 12.3. The van der Waals surface area contributed by atoms with Gasteiger partial charge in [0.1, 0.15) is 5.75 Å². The number of rotatable bonds is 5. The van der Waals surface area contributed by atoms with Crippen LogP contribution in [0.5, 0.6) is 5.75 Å². The largest absolute Gasteiger partial charge is 0.494 e. The van der Waals surface area contributed by atoms with Crippen LogP contribution in [0.15, 0.2) is 24.3 Å². The molecule has 1 amide bonds. The van der Waals surface area contributed by atoms with Gasteiger partial charge in [-0.15, -0.1) is 0 Å². The van der Waals surface area contributed by atoms with Crippen molar-refractivity contribution in [2.24, 2.45) is 5.92 Å². The third kappa shape index (κ3) is 4.23. The van der Waals surface area contributed by atoms with Crippen LogP contribution in [0.2, 0.25) is 0 Å². The summed E-state index contributed by atoms with van der Waals surface area (Å²) in [5.41, 5.74) is 0.818. The van der Waals surface area contributed by atoms with E-state index in [1.165, 1.54) is 0 Å². The van der Waals surface area contributed by atoms with Gasteiger partial charge in [-0.05, 0) is 56.0 Å². The lowest BCUT2D eigenvalue weighted by atomic mass is 9.94. The highest BCUT2D eigenvalue weighted by Crippen LogP contribution is 2.19. The number of anilines is 1. The molecule has 4 nitrogen and oxygen atoms in total. The highest BCUT2D eigenvalue weighted by Gasteiger charge is 2.24. The van der Waals surface area contributed by atoms with Gasteiger partial charge in [-0.2, -0.15) is 0 Å². The first kappa shape index (κ1) is 14.9. The van der Waals surface area contributed by atoms with Crippen LogP contribution in [-0.2, 0) is 4.79 Å². The zero-order chi connectivity index (χ0) is 14.4. The third-order valence-corrected chi connectivity index (χ3v) is 3.58. The van der Waals surface area contributed by atoms with Gasteiger partial charge in [0, 0.05) is 5.69 Å². The van der Waals surface area contributed by atoms with Crippen LogP contribution in [0.25, 0.3) is 0 Å². The second kappa shape index (κ2) is 7.29. The van der Waals surface area contributed by atoms with Crippen LogP contribution >= 0.6 is 0 Å². The SMILES string of the molecule is CCCOc1ccc(NC(=O)C2CC(C)CCN2)cc1. The molecule has 1 aromatic rings. The van der Waals surface area contributed by atoms with Crippen molar-refractivity contribution in [3.63, 3.8) is 0 Å². The molecular weight excluding hydrogens is 252 g/mol. The number of hydrogen-bond acceptors (Lipinski definition) is 3. The molecule has 1 saturated heterocycles. The van der Waals surface area contributed by atoms with Crippen molar-refractivity contribution in [3.05, 3.63) is 24.3 Å². The third-order valence-electron chi connectivity index (χ3n) is 3.58. The Morgan fingerprint density at radius 2 is 2.15 bits per heavy atom. The van der Waals surface area contributed by atoms with Gasteiger partial charge in [-0.3, -0.25) is 4.79 Å². The topological polar surface area (TPSA) is 50.4 Å². The Kier molecular flexibility index (Phi) is 5.41. The molecule has 110 valence electrons. The molecule has 0 saturated carbocycles. The van der Waals surface area contributed by atoms with Gasteiger partial charge in [0.2, 0.25) is 5.91 Å². The number of amides is 1. The maximum Gasteiger partial charge on any atom is 0.241 e. The van der Waals surface area contributed by atoms with Crippen LogP contribution in [0.1, 0.15) is 33.1 Å². The molecule has 1 fully saturated rings. The second-order valence-electron chi connectivity index (χ2n) is 5.50. The number of ether oxygens (including phenoxy) is 1. The van der Waals surface area contributed by atoms with E-state index in [0.717, 1.165) is 43.9 Å². The summed E-state index contributed by atoms with van der Waals surface area (Å²) in [7, 11) is 0. The summed E-state index contributed by atoms with van der Waals surface area (Å²) in [5.74, 6) is 1.50. The lowest BCUT2D eigenvalue weighted by Crippen LogP contribution is -2.45. The van der Waals surface area contributed by atoms with Crippen molar-refractivity contribution in [1.82, 2.24) is 5.32 Å². The molecule has 0 aromatic heterocycles. The lowest BCUT2D eigenvalue weighted by molar-refractivity contribution is -0.119. The smallest absolute Gasteiger partial charge is 0.241 e. The van der Waals surface area contributed by atoms with Gasteiger partial charge in [-0.1, -0.05) is 13.8 Å². The molecule has 0 spiro atoms. The second-order valence-corrected chi connectivity index (χ2v) is 5.50. The van der Waals surface area contributed by atoms with Crippen molar-refractivity contribution < 1.29 is 9.53 Å². The molecule has 20 heavy (non-hydrogen) atoms. The molecule has 1 aliphatic rings. The van der Waals surface area contributed by atoms with Crippen LogP contribution in [0, 0.1) is 5.92 Å². The Bertz CT molecular complexity index is 431. The summed E-state index contributed by atoms with van der Waals surface area (Å²) in [4.78, 5) is 12.2. The monoisotopic (exact) mass is 276 g/mol. The summed E-state index contributed by atoms with van der Waals surface area (Å²) in [6, 6.07) is 7.48. The van der Waals surface area contributed by atoms with Gasteiger partial charge < -0.3 is 15.4 Å². The molecule has 4 heteroatoms. The predicted octanol–water partition coefficient (Wildman–Crippen LogP) is 2.80. The van der Waals surface area contributed by atoms with Gasteiger partial charge in [0.15, 0.2) is 0 Å². The van der Waals surface area contributed by atoms with Crippen molar-refractivity contribution in [2.75, 3.05) is 18.5 Å². The average molecular weight is 276 g/mol. The first-order valence-corrected chi connectivity index (χ1v) is 7.46. The summed E-state index contributed by atoms with van der Waals surface area (Å²) in [6.45, 7) is 5.91. The van der Waals surface area contributed by atoms with Gasteiger partial charge >= 0.3 is 0 Å². The molecule has 1 aliphatic heterocycles. The normalized spacial score (nSPS) is 22.3. The first-order valence-electron chi connectivity index (χ1n) is 7.46. The fourth-order valence-electron chi connectivity index (χ4n) is 2.39. The highest BCUT2D eigenvalue weighted by atomic mass is 16.5. The standard InChI is InChI=1S/C16H24N2O2/c1-3-10-20-14-6-4-13(5-7-14)18-16(19)15-11-12(2)8-9-17-15/h4-7,12,15,17H,3,8-11H2,1-2H3,(H,18,19). The quantitative estimate of drug-likeness (QED) is 0.869. The number of carbonyl (C=O) groups excluding carboxylic acids is 1. The van der Waals surface area contributed by atoms with E-state index in [1.54, 1.807) is 0 Å². The van der Waals surface area contributed by atoms with E-state index in [0.29, 0.717) is 5.92 Å². The van der Waals surface area contributed by atoms with Crippen LogP contribution < -0.4 is 15.4 Å². The minimum absolute atomic E-state index is 0.0544.